The van der Waals surface area contributed by atoms with Crippen molar-refractivity contribution in [3.05, 3.63) is 98.9 Å². The molecule has 0 spiro atoms. The zero-order chi connectivity index (χ0) is 20.5. The molecule has 3 aromatic carbocycles. The van der Waals surface area contributed by atoms with Crippen molar-refractivity contribution < 1.29 is 9.90 Å². The van der Waals surface area contributed by atoms with Crippen LogP contribution in [-0.2, 0) is 6.54 Å². The van der Waals surface area contributed by atoms with Crippen LogP contribution in [0.3, 0.4) is 0 Å². The van der Waals surface area contributed by atoms with Gasteiger partial charge < -0.3 is 10.8 Å². The molecule has 0 aliphatic carbocycles. The molecule has 144 valence electrons. The number of fused-ring (bicyclic) bond motifs is 1. The summed E-state index contributed by atoms with van der Waals surface area (Å²) in [6, 6.07) is 21.6. The lowest BCUT2D eigenvalue weighted by Gasteiger charge is -2.18. The number of hydrogen-bond donors (Lipinski definition) is 2. The van der Waals surface area contributed by atoms with Crippen LogP contribution in [0.2, 0.25) is 0 Å². The number of hydrogen-bond acceptors (Lipinski definition) is 3. The molecule has 0 aliphatic heterocycles. The highest BCUT2D eigenvalue weighted by Crippen LogP contribution is 2.32. The van der Waals surface area contributed by atoms with Crippen LogP contribution in [0.25, 0.3) is 21.9 Å². The fraction of sp³-hybridized carbons (Fsp3) is 0.0435. The molecular weight excluding hydrogens is 432 g/mol. The van der Waals surface area contributed by atoms with Gasteiger partial charge >= 0.3 is 5.97 Å². The molecule has 0 aliphatic rings. The minimum atomic E-state index is -1.15. The summed E-state index contributed by atoms with van der Waals surface area (Å²) in [4.78, 5) is 25.6. The Labute approximate surface area is 175 Å². The standard InChI is InChI=1S/C23H17BrN2O3/c24-16-8-11-18-19(12-16)20(15-4-2-1-3-5-15)21(23(28)29)26(22(18)27)13-14-6-9-17(25)10-7-14/h1-12H,13,25H2,(H,28,29). The van der Waals surface area contributed by atoms with E-state index in [1.807, 2.05) is 30.3 Å². The van der Waals surface area contributed by atoms with Gasteiger partial charge in [-0.2, -0.15) is 0 Å². The third-order valence-corrected chi connectivity index (χ3v) is 5.31. The maximum atomic E-state index is 13.3. The average molecular weight is 449 g/mol. The topological polar surface area (TPSA) is 85.3 Å². The number of nitrogens with two attached hydrogens (primary N) is 1. The molecular formula is C23H17BrN2O3. The number of pyridine rings is 1. The van der Waals surface area contributed by atoms with E-state index < -0.39 is 5.97 Å². The highest BCUT2D eigenvalue weighted by molar-refractivity contribution is 9.10. The predicted octanol–water partition coefficient (Wildman–Crippen LogP) is 4.76. The molecule has 0 bridgehead atoms. The Kier molecular flexibility index (Phi) is 4.94. The van der Waals surface area contributed by atoms with Gasteiger partial charge in [0.1, 0.15) is 5.69 Å². The van der Waals surface area contributed by atoms with E-state index in [2.05, 4.69) is 15.9 Å². The Bertz CT molecular complexity index is 1280. The monoisotopic (exact) mass is 448 g/mol. The van der Waals surface area contributed by atoms with Crippen molar-refractivity contribution in [3.63, 3.8) is 0 Å². The van der Waals surface area contributed by atoms with Crippen LogP contribution in [-0.4, -0.2) is 15.6 Å². The van der Waals surface area contributed by atoms with Gasteiger partial charge in [0.25, 0.3) is 5.56 Å². The number of nitrogens with zero attached hydrogens (tertiary/aromatic N) is 1. The molecule has 5 nitrogen and oxygen atoms in total. The Balaban J connectivity index is 2.10. The van der Waals surface area contributed by atoms with E-state index in [9.17, 15) is 14.7 Å². The SMILES string of the molecule is Nc1ccc(Cn2c(C(=O)O)c(-c3ccccc3)c3cc(Br)ccc3c2=O)cc1. The molecule has 0 atom stereocenters. The summed E-state index contributed by atoms with van der Waals surface area (Å²) in [7, 11) is 0. The summed E-state index contributed by atoms with van der Waals surface area (Å²) in [5, 5.41) is 11.2. The van der Waals surface area contributed by atoms with Crippen LogP contribution in [0.4, 0.5) is 5.69 Å². The second kappa shape index (κ2) is 7.56. The molecule has 6 heteroatoms. The minimum absolute atomic E-state index is 0.0383. The van der Waals surface area contributed by atoms with Crippen LogP contribution in [0.1, 0.15) is 16.1 Å². The first-order valence-corrected chi connectivity index (χ1v) is 9.74. The molecule has 1 aromatic heterocycles. The molecule has 0 amide bonds. The normalized spacial score (nSPS) is 10.9. The minimum Gasteiger partial charge on any atom is -0.477 e. The fourth-order valence-corrected chi connectivity index (χ4v) is 3.86. The number of aromatic nitrogens is 1. The number of carboxylic acids is 1. The van der Waals surface area contributed by atoms with E-state index in [0.29, 0.717) is 22.0 Å². The molecule has 1 heterocycles. The summed E-state index contributed by atoms with van der Waals surface area (Å²) in [6.07, 6.45) is 0. The maximum absolute atomic E-state index is 13.3. The van der Waals surface area contributed by atoms with Crippen LogP contribution in [0.15, 0.2) is 82.1 Å². The third-order valence-electron chi connectivity index (χ3n) is 4.82. The van der Waals surface area contributed by atoms with Gasteiger partial charge in [0, 0.05) is 21.1 Å². The van der Waals surface area contributed by atoms with Gasteiger partial charge in [0.2, 0.25) is 0 Å². The molecule has 4 rings (SSSR count). The molecule has 4 aromatic rings. The number of benzene rings is 3. The molecule has 0 fully saturated rings. The molecule has 3 N–H and O–H groups in total. The van der Waals surface area contributed by atoms with Gasteiger partial charge in [-0.15, -0.1) is 0 Å². The van der Waals surface area contributed by atoms with Crippen molar-refractivity contribution >= 4 is 38.4 Å². The van der Waals surface area contributed by atoms with E-state index in [1.54, 1.807) is 42.5 Å². The number of halogens is 1. The molecule has 0 saturated heterocycles. The zero-order valence-electron chi connectivity index (χ0n) is 15.3. The van der Waals surface area contributed by atoms with E-state index in [4.69, 9.17) is 5.73 Å². The summed E-state index contributed by atoms with van der Waals surface area (Å²) in [6.45, 7) is 0.132. The number of aromatic carboxylic acids is 1. The molecule has 0 saturated carbocycles. The van der Waals surface area contributed by atoms with Crippen molar-refractivity contribution in [2.75, 3.05) is 5.73 Å². The van der Waals surface area contributed by atoms with E-state index >= 15 is 0 Å². The first-order chi connectivity index (χ1) is 14.0. The third kappa shape index (κ3) is 3.54. The Morgan fingerprint density at radius 3 is 2.31 bits per heavy atom. The smallest absolute Gasteiger partial charge is 0.353 e. The lowest BCUT2D eigenvalue weighted by atomic mass is 9.96. The van der Waals surface area contributed by atoms with Crippen LogP contribution in [0, 0.1) is 0 Å². The maximum Gasteiger partial charge on any atom is 0.353 e. The van der Waals surface area contributed by atoms with Crippen molar-refractivity contribution in [2.45, 2.75) is 6.54 Å². The van der Waals surface area contributed by atoms with E-state index in [1.165, 1.54) is 4.57 Å². The fourth-order valence-electron chi connectivity index (χ4n) is 3.50. The van der Waals surface area contributed by atoms with Crippen molar-refractivity contribution in [1.82, 2.24) is 4.57 Å². The van der Waals surface area contributed by atoms with Crippen LogP contribution >= 0.6 is 15.9 Å². The van der Waals surface area contributed by atoms with Gasteiger partial charge in [-0.3, -0.25) is 9.36 Å². The van der Waals surface area contributed by atoms with Gasteiger partial charge in [0.05, 0.1) is 6.54 Å². The lowest BCUT2D eigenvalue weighted by molar-refractivity contribution is 0.0685. The highest BCUT2D eigenvalue weighted by Gasteiger charge is 2.23. The molecule has 0 unspecified atom stereocenters. The van der Waals surface area contributed by atoms with Gasteiger partial charge in [-0.25, -0.2) is 4.79 Å². The number of rotatable bonds is 4. The van der Waals surface area contributed by atoms with Crippen LogP contribution in [0.5, 0.6) is 0 Å². The van der Waals surface area contributed by atoms with E-state index in [-0.39, 0.29) is 17.8 Å². The molecule has 29 heavy (non-hydrogen) atoms. The second-order valence-electron chi connectivity index (χ2n) is 6.72. The van der Waals surface area contributed by atoms with Crippen molar-refractivity contribution in [2.24, 2.45) is 0 Å². The van der Waals surface area contributed by atoms with Crippen LogP contribution < -0.4 is 11.3 Å². The van der Waals surface area contributed by atoms with Crippen molar-refractivity contribution in [3.8, 4) is 11.1 Å². The average Bonchev–Trinajstić information content (AvgIpc) is 2.71. The van der Waals surface area contributed by atoms with Crippen molar-refractivity contribution in [1.29, 1.82) is 0 Å². The second-order valence-corrected chi connectivity index (χ2v) is 7.63. The number of carboxylic acid groups (broad SMARTS) is 1. The quantitative estimate of drug-likeness (QED) is 0.440. The first-order valence-electron chi connectivity index (χ1n) is 8.95. The number of anilines is 1. The summed E-state index contributed by atoms with van der Waals surface area (Å²) >= 11 is 3.44. The largest absolute Gasteiger partial charge is 0.477 e. The first kappa shape index (κ1) is 19.0. The Morgan fingerprint density at radius 2 is 1.66 bits per heavy atom. The number of carbonyl (C=O) groups is 1. The van der Waals surface area contributed by atoms with E-state index in [0.717, 1.165) is 15.6 Å². The van der Waals surface area contributed by atoms with Gasteiger partial charge in [-0.05, 0) is 46.8 Å². The Morgan fingerprint density at radius 1 is 0.966 bits per heavy atom. The van der Waals surface area contributed by atoms with Gasteiger partial charge in [-0.1, -0.05) is 58.4 Å². The Hall–Kier alpha value is -3.38. The lowest BCUT2D eigenvalue weighted by Crippen LogP contribution is -2.28. The summed E-state index contributed by atoms with van der Waals surface area (Å²) < 4.78 is 2.10. The predicted molar refractivity (Wildman–Crippen MR) is 118 cm³/mol. The molecule has 0 radical (unpaired) electrons. The summed E-state index contributed by atoms with van der Waals surface area (Å²) in [5.41, 5.74) is 8.01. The zero-order valence-corrected chi connectivity index (χ0v) is 16.9. The number of nitrogen functional groups attached to an aromatic ring is 1. The highest BCUT2D eigenvalue weighted by atomic mass is 79.9. The summed E-state index contributed by atoms with van der Waals surface area (Å²) in [5.74, 6) is -1.15. The van der Waals surface area contributed by atoms with Gasteiger partial charge in [0.15, 0.2) is 0 Å².